The number of rotatable bonds is 3. The molecule has 7 nitrogen and oxygen atoms in total. The van der Waals surface area contributed by atoms with Crippen molar-refractivity contribution in [1.29, 1.82) is 5.41 Å². The summed E-state index contributed by atoms with van der Waals surface area (Å²) < 4.78 is 5.40. The first-order valence-electron chi connectivity index (χ1n) is 6.00. The predicted octanol–water partition coefficient (Wildman–Crippen LogP) is -0.418. The molecule has 1 aromatic rings. The number of pyridine rings is 1. The van der Waals surface area contributed by atoms with Crippen molar-refractivity contribution in [3.05, 3.63) is 24.0 Å². The Morgan fingerprint density at radius 2 is 2.47 bits per heavy atom. The largest absolute Gasteiger partial charge is 0.385 e. The molecule has 0 bridgehead atoms. The Bertz CT molecular complexity index is 491. The number of nitrogens with one attached hydrogen (secondary N) is 2. The lowest BCUT2D eigenvalue weighted by molar-refractivity contribution is 0.0826. The highest BCUT2D eigenvalue weighted by atomic mass is 16.5. The minimum absolute atomic E-state index is 0.0188. The normalized spacial score (nSPS) is 19.0. The molecule has 0 spiro atoms. The molecule has 1 aliphatic rings. The first-order valence-corrected chi connectivity index (χ1v) is 6.00. The average Bonchev–Trinajstić information content (AvgIpc) is 2.46. The van der Waals surface area contributed by atoms with Gasteiger partial charge in [-0.05, 0) is 12.1 Å². The summed E-state index contributed by atoms with van der Waals surface area (Å²) in [5, 5.41) is 9.97. The number of aromatic nitrogens is 1. The zero-order valence-corrected chi connectivity index (χ0v) is 10.7. The van der Waals surface area contributed by atoms with E-state index in [-0.39, 0.29) is 11.7 Å². The number of carbonyl (C=O) groups excluding carboxylic acids is 1. The average molecular weight is 263 g/mol. The molecule has 1 unspecified atom stereocenters. The number of nitrogens with zero attached hydrogens (tertiary/aromatic N) is 2. The second kappa shape index (κ2) is 5.66. The van der Waals surface area contributed by atoms with Gasteiger partial charge in [0.05, 0.1) is 13.2 Å². The molecule has 1 atom stereocenters. The molecule has 0 radical (unpaired) electrons. The van der Waals surface area contributed by atoms with Crippen molar-refractivity contribution in [2.45, 2.75) is 6.10 Å². The summed E-state index contributed by atoms with van der Waals surface area (Å²) in [5.74, 6) is -0.205. The topological polar surface area (TPSA) is 104 Å². The van der Waals surface area contributed by atoms with E-state index in [1.807, 2.05) is 11.0 Å². The van der Waals surface area contributed by atoms with Crippen LogP contribution in [0.5, 0.6) is 0 Å². The van der Waals surface area contributed by atoms with Gasteiger partial charge >= 0.3 is 0 Å². The number of amidine groups is 1. The molecule has 0 saturated carbocycles. The predicted molar refractivity (Wildman–Crippen MR) is 71.5 cm³/mol. The van der Waals surface area contributed by atoms with Gasteiger partial charge in [0, 0.05) is 25.5 Å². The van der Waals surface area contributed by atoms with E-state index in [4.69, 9.17) is 15.9 Å². The first-order chi connectivity index (χ1) is 9.11. The lowest BCUT2D eigenvalue weighted by Gasteiger charge is -2.33. The molecular weight excluding hydrogens is 246 g/mol. The van der Waals surface area contributed by atoms with E-state index < -0.39 is 6.10 Å². The highest BCUT2D eigenvalue weighted by Crippen LogP contribution is 2.18. The van der Waals surface area contributed by atoms with E-state index >= 15 is 0 Å². The van der Waals surface area contributed by atoms with E-state index in [2.05, 4.69) is 10.3 Å². The third-order valence-corrected chi connectivity index (χ3v) is 2.98. The van der Waals surface area contributed by atoms with Gasteiger partial charge in [-0.25, -0.2) is 0 Å². The second-order valence-corrected chi connectivity index (χ2v) is 4.24. The summed E-state index contributed by atoms with van der Waals surface area (Å²) in [7, 11) is 1.57. The highest BCUT2D eigenvalue weighted by Gasteiger charge is 2.23. The van der Waals surface area contributed by atoms with Crippen LogP contribution in [0.25, 0.3) is 0 Å². The van der Waals surface area contributed by atoms with Crippen LogP contribution in [-0.2, 0) is 4.74 Å². The Balaban J connectivity index is 2.17. The maximum absolute atomic E-state index is 11.6. The summed E-state index contributed by atoms with van der Waals surface area (Å²) in [6.07, 6.45) is 1.20. The van der Waals surface area contributed by atoms with Gasteiger partial charge in [0.1, 0.15) is 17.6 Å². The third kappa shape index (κ3) is 3.00. The van der Waals surface area contributed by atoms with Gasteiger partial charge in [0.15, 0.2) is 0 Å². The zero-order chi connectivity index (χ0) is 13.8. The Kier molecular flexibility index (Phi) is 3.96. The van der Waals surface area contributed by atoms with Crippen LogP contribution < -0.4 is 16.0 Å². The molecule has 19 heavy (non-hydrogen) atoms. The van der Waals surface area contributed by atoms with Crippen LogP contribution in [0.15, 0.2) is 18.3 Å². The quantitative estimate of drug-likeness (QED) is 0.507. The first kappa shape index (κ1) is 13.3. The van der Waals surface area contributed by atoms with Crippen molar-refractivity contribution in [2.24, 2.45) is 5.73 Å². The number of hydrogen-bond donors (Lipinski definition) is 3. The lowest BCUT2D eigenvalue weighted by atomic mass is 10.2. The van der Waals surface area contributed by atoms with Crippen molar-refractivity contribution in [2.75, 3.05) is 31.6 Å². The number of amides is 1. The van der Waals surface area contributed by atoms with Crippen LogP contribution in [-0.4, -0.2) is 49.6 Å². The van der Waals surface area contributed by atoms with Crippen LogP contribution >= 0.6 is 0 Å². The number of morpholine rings is 1. The summed E-state index contributed by atoms with van der Waals surface area (Å²) in [5.41, 5.74) is 6.71. The Morgan fingerprint density at radius 1 is 1.68 bits per heavy atom. The van der Waals surface area contributed by atoms with Gasteiger partial charge in [0.25, 0.3) is 5.91 Å². The molecule has 4 N–H and O–H groups in total. The van der Waals surface area contributed by atoms with E-state index in [1.165, 1.54) is 0 Å². The minimum Gasteiger partial charge on any atom is -0.385 e. The maximum Gasteiger partial charge on any atom is 0.269 e. The van der Waals surface area contributed by atoms with Gasteiger partial charge in [-0.1, -0.05) is 0 Å². The van der Waals surface area contributed by atoms with Crippen molar-refractivity contribution in [1.82, 2.24) is 10.3 Å². The Labute approximate surface area is 111 Å². The van der Waals surface area contributed by atoms with Crippen molar-refractivity contribution in [3.8, 4) is 0 Å². The van der Waals surface area contributed by atoms with E-state index in [9.17, 15) is 4.79 Å². The molecule has 102 valence electrons. The molecule has 2 rings (SSSR count). The monoisotopic (exact) mass is 263 g/mol. The van der Waals surface area contributed by atoms with Gasteiger partial charge in [0.2, 0.25) is 0 Å². The van der Waals surface area contributed by atoms with Crippen molar-refractivity contribution in [3.63, 3.8) is 0 Å². The summed E-state index contributed by atoms with van der Waals surface area (Å²) >= 11 is 0. The van der Waals surface area contributed by atoms with Crippen LogP contribution in [0, 0.1) is 5.41 Å². The fraction of sp³-hybridized carbons (Fsp3) is 0.417. The molecule has 1 fully saturated rings. The van der Waals surface area contributed by atoms with Gasteiger partial charge in [-0.15, -0.1) is 0 Å². The standard InChI is InChI=1S/C12H17N5O2/c1-15-12(18)9-6-8(2-3-16-9)17-4-5-19-10(7-17)11(13)14/h2-3,6,10H,4-5,7H2,1H3,(H3,13,14)(H,15,18). The molecule has 0 aliphatic carbocycles. The zero-order valence-electron chi connectivity index (χ0n) is 10.7. The smallest absolute Gasteiger partial charge is 0.269 e. The third-order valence-electron chi connectivity index (χ3n) is 2.98. The molecule has 1 amide bonds. The van der Waals surface area contributed by atoms with E-state index in [0.29, 0.717) is 25.4 Å². The molecule has 7 heteroatoms. The van der Waals surface area contributed by atoms with Gasteiger partial charge in [-0.2, -0.15) is 0 Å². The number of ether oxygens (including phenoxy) is 1. The second-order valence-electron chi connectivity index (χ2n) is 4.24. The summed E-state index contributed by atoms with van der Waals surface area (Å²) in [6, 6.07) is 3.55. The Hall–Kier alpha value is -2.15. The minimum atomic E-state index is -0.398. The number of nitrogens with two attached hydrogens (primary N) is 1. The molecule has 0 aromatic carbocycles. The molecule has 1 aliphatic heterocycles. The SMILES string of the molecule is CNC(=O)c1cc(N2CCOC(C(=N)N)C2)ccn1. The number of hydrogen-bond acceptors (Lipinski definition) is 5. The Morgan fingerprint density at radius 3 is 3.16 bits per heavy atom. The number of carbonyl (C=O) groups is 1. The summed E-state index contributed by atoms with van der Waals surface area (Å²) in [6.45, 7) is 1.70. The van der Waals surface area contributed by atoms with Crippen LogP contribution in [0.4, 0.5) is 5.69 Å². The van der Waals surface area contributed by atoms with E-state index in [0.717, 1.165) is 5.69 Å². The molecule has 1 saturated heterocycles. The fourth-order valence-corrected chi connectivity index (χ4v) is 1.94. The molecular formula is C12H17N5O2. The summed E-state index contributed by atoms with van der Waals surface area (Å²) in [4.78, 5) is 17.6. The highest BCUT2D eigenvalue weighted by molar-refractivity contribution is 5.93. The lowest BCUT2D eigenvalue weighted by Crippen LogP contribution is -2.48. The van der Waals surface area contributed by atoms with Crippen molar-refractivity contribution < 1.29 is 9.53 Å². The van der Waals surface area contributed by atoms with Crippen LogP contribution in [0.3, 0.4) is 0 Å². The van der Waals surface area contributed by atoms with Crippen LogP contribution in [0.1, 0.15) is 10.5 Å². The van der Waals surface area contributed by atoms with Crippen molar-refractivity contribution >= 4 is 17.4 Å². The van der Waals surface area contributed by atoms with Gasteiger partial charge in [-0.3, -0.25) is 15.2 Å². The van der Waals surface area contributed by atoms with E-state index in [1.54, 1.807) is 19.3 Å². The maximum atomic E-state index is 11.6. The fourth-order valence-electron chi connectivity index (χ4n) is 1.94. The number of anilines is 1. The van der Waals surface area contributed by atoms with Gasteiger partial charge < -0.3 is 20.7 Å². The molecule has 2 heterocycles. The molecule has 1 aromatic heterocycles. The van der Waals surface area contributed by atoms with Crippen LogP contribution in [0.2, 0.25) is 0 Å².